The van der Waals surface area contributed by atoms with Gasteiger partial charge in [0.25, 0.3) is 0 Å². The average molecular weight is 238 g/mol. The molecule has 4 N–H and O–H groups in total. The third-order valence-corrected chi connectivity index (χ3v) is 2.71. The van der Waals surface area contributed by atoms with Crippen LogP contribution in [0.15, 0.2) is 18.2 Å². The first kappa shape index (κ1) is 14.0. The van der Waals surface area contributed by atoms with Crippen LogP contribution in [-0.2, 0) is 13.0 Å². The summed E-state index contributed by atoms with van der Waals surface area (Å²) >= 11 is 0. The molecule has 4 nitrogen and oxygen atoms in total. The number of aliphatic hydroxyl groups is 1. The summed E-state index contributed by atoms with van der Waals surface area (Å²) in [5.41, 5.74) is 8.03. The van der Waals surface area contributed by atoms with Crippen molar-refractivity contribution in [1.82, 2.24) is 5.32 Å². The lowest BCUT2D eigenvalue weighted by Crippen LogP contribution is -2.36. The van der Waals surface area contributed by atoms with Gasteiger partial charge in [0.15, 0.2) is 0 Å². The molecule has 0 aliphatic rings. The lowest BCUT2D eigenvalue weighted by Gasteiger charge is -2.13. The average Bonchev–Trinajstić information content (AvgIpc) is 2.38. The van der Waals surface area contributed by atoms with Gasteiger partial charge in [0.05, 0.1) is 13.7 Å². The van der Waals surface area contributed by atoms with Crippen LogP contribution in [0.4, 0.5) is 0 Å². The van der Waals surface area contributed by atoms with Gasteiger partial charge in [-0.15, -0.1) is 0 Å². The fourth-order valence-corrected chi connectivity index (χ4v) is 1.65. The van der Waals surface area contributed by atoms with E-state index in [1.165, 1.54) is 5.56 Å². The Morgan fingerprint density at radius 1 is 1.47 bits per heavy atom. The molecule has 0 fully saturated rings. The second-order valence-electron chi connectivity index (χ2n) is 4.07. The van der Waals surface area contributed by atoms with Gasteiger partial charge in [0.1, 0.15) is 5.75 Å². The largest absolute Gasteiger partial charge is 0.496 e. The first-order chi connectivity index (χ1) is 8.21. The molecule has 0 radical (unpaired) electrons. The summed E-state index contributed by atoms with van der Waals surface area (Å²) in [6, 6.07) is 5.98. The van der Waals surface area contributed by atoms with Gasteiger partial charge in [0, 0.05) is 24.7 Å². The molecule has 4 heteroatoms. The molecule has 0 spiro atoms. The Morgan fingerprint density at radius 3 is 2.82 bits per heavy atom. The van der Waals surface area contributed by atoms with E-state index in [-0.39, 0.29) is 12.6 Å². The predicted molar refractivity (Wildman–Crippen MR) is 69.1 cm³/mol. The summed E-state index contributed by atoms with van der Waals surface area (Å²) < 4.78 is 5.31. The zero-order valence-electron chi connectivity index (χ0n) is 10.6. The fraction of sp³-hybridized carbons (Fsp3) is 0.538. The van der Waals surface area contributed by atoms with Gasteiger partial charge in [-0.1, -0.05) is 19.1 Å². The van der Waals surface area contributed by atoms with Crippen LogP contribution in [0.5, 0.6) is 5.75 Å². The zero-order valence-corrected chi connectivity index (χ0v) is 10.6. The highest BCUT2D eigenvalue weighted by Crippen LogP contribution is 2.19. The van der Waals surface area contributed by atoms with Gasteiger partial charge in [-0.05, 0) is 18.1 Å². The third-order valence-electron chi connectivity index (χ3n) is 2.71. The molecule has 0 bridgehead atoms. The van der Waals surface area contributed by atoms with E-state index in [4.69, 9.17) is 15.6 Å². The zero-order chi connectivity index (χ0) is 12.7. The maximum atomic E-state index is 8.83. The number of methoxy groups -OCH3 is 1. The van der Waals surface area contributed by atoms with Crippen molar-refractivity contribution in [2.45, 2.75) is 25.9 Å². The highest BCUT2D eigenvalue weighted by atomic mass is 16.5. The summed E-state index contributed by atoms with van der Waals surface area (Å²) in [5, 5.41) is 12.0. The Morgan fingerprint density at radius 2 is 2.24 bits per heavy atom. The molecule has 1 rings (SSSR count). The number of nitrogens with one attached hydrogen (secondary N) is 1. The quantitative estimate of drug-likeness (QED) is 0.653. The minimum Gasteiger partial charge on any atom is -0.496 e. The molecule has 0 heterocycles. The van der Waals surface area contributed by atoms with Crippen LogP contribution in [0.25, 0.3) is 0 Å². The highest BCUT2D eigenvalue weighted by Gasteiger charge is 2.05. The monoisotopic (exact) mass is 238 g/mol. The molecule has 1 atom stereocenters. The number of nitrogens with two attached hydrogens (primary N) is 1. The van der Waals surface area contributed by atoms with Crippen molar-refractivity contribution in [3.63, 3.8) is 0 Å². The normalized spacial score (nSPS) is 12.5. The lowest BCUT2D eigenvalue weighted by atomic mass is 10.1. The number of aliphatic hydroxyl groups excluding tert-OH is 1. The van der Waals surface area contributed by atoms with Crippen LogP contribution in [0.1, 0.15) is 18.1 Å². The number of benzene rings is 1. The summed E-state index contributed by atoms with van der Waals surface area (Å²) in [6.07, 6.45) is 1.01. The van der Waals surface area contributed by atoms with Crippen LogP contribution in [-0.4, -0.2) is 31.4 Å². The van der Waals surface area contributed by atoms with Gasteiger partial charge >= 0.3 is 0 Å². The van der Waals surface area contributed by atoms with E-state index < -0.39 is 0 Å². The Hall–Kier alpha value is -1.10. The van der Waals surface area contributed by atoms with Crippen molar-refractivity contribution >= 4 is 0 Å². The standard InChI is InChI=1S/C13H22N2O2/c1-3-10-4-5-13(17-2)11(6-10)7-15-8-12(14)9-16/h4-6,12,15-16H,3,7-9,14H2,1-2H3. The Bertz CT molecular complexity index is 342. The van der Waals surface area contributed by atoms with Gasteiger partial charge in [-0.25, -0.2) is 0 Å². The van der Waals surface area contributed by atoms with Crippen molar-refractivity contribution in [2.75, 3.05) is 20.3 Å². The maximum Gasteiger partial charge on any atom is 0.123 e. The molecule has 0 aromatic heterocycles. The van der Waals surface area contributed by atoms with Gasteiger partial charge < -0.3 is 20.9 Å². The van der Waals surface area contributed by atoms with Crippen LogP contribution in [0, 0.1) is 0 Å². The van der Waals surface area contributed by atoms with E-state index >= 15 is 0 Å². The van der Waals surface area contributed by atoms with Gasteiger partial charge in [0.2, 0.25) is 0 Å². The van der Waals surface area contributed by atoms with Crippen LogP contribution >= 0.6 is 0 Å². The van der Waals surface area contributed by atoms with E-state index in [1.807, 2.05) is 6.07 Å². The summed E-state index contributed by atoms with van der Waals surface area (Å²) in [5.74, 6) is 0.882. The second-order valence-corrected chi connectivity index (χ2v) is 4.07. The van der Waals surface area contributed by atoms with E-state index in [0.717, 1.165) is 17.7 Å². The first-order valence-corrected chi connectivity index (χ1v) is 5.94. The van der Waals surface area contributed by atoms with Crippen molar-refractivity contribution in [3.8, 4) is 5.75 Å². The molecule has 1 aromatic rings. The molecule has 0 amide bonds. The molecular weight excluding hydrogens is 216 g/mol. The summed E-state index contributed by atoms with van der Waals surface area (Å²) in [7, 11) is 1.67. The molecule has 0 saturated heterocycles. The SMILES string of the molecule is CCc1ccc(OC)c(CNCC(N)CO)c1. The van der Waals surface area contributed by atoms with Gasteiger partial charge in [-0.2, -0.15) is 0 Å². The molecule has 0 saturated carbocycles. The topological polar surface area (TPSA) is 67.5 Å². The highest BCUT2D eigenvalue weighted by molar-refractivity contribution is 5.37. The minimum atomic E-state index is -0.213. The summed E-state index contributed by atoms with van der Waals surface area (Å²) in [6.45, 7) is 3.42. The van der Waals surface area contributed by atoms with E-state index in [9.17, 15) is 0 Å². The number of ether oxygens (including phenoxy) is 1. The molecule has 0 aliphatic carbocycles. The van der Waals surface area contributed by atoms with Crippen molar-refractivity contribution in [2.24, 2.45) is 5.73 Å². The van der Waals surface area contributed by atoms with Crippen molar-refractivity contribution in [1.29, 1.82) is 0 Å². The van der Waals surface area contributed by atoms with Crippen molar-refractivity contribution < 1.29 is 9.84 Å². The first-order valence-electron chi connectivity index (χ1n) is 5.94. The van der Waals surface area contributed by atoms with E-state index in [2.05, 4.69) is 24.4 Å². The fourth-order valence-electron chi connectivity index (χ4n) is 1.65. The Kier molecular flexibility index (Phi) is 5.97. The van der Waals surface area contributed by atoms with Crippen LogP contribution < -0.4 is 15.8 Å². The third kappa shape index (κ3) is 4.34. The number of aryl methyl sites for hydroxylation is 1. The molecule has 96 valence electrons. The van der Waals surface area contributed by atoms with Crippen LogP contribution in [0.2, 0.25) is 0 Å². The van der Waals surface area contributed by atoms with E-state index in [1.54, 1.807) is 7.11 Å². The lowest BCUT2D eigenvalue weighted by molar-refractivity contribution is 0.262. The number of hydrogen-bond donors (Lipinski definition) is 3. The molecule has 1 aromatic carbocycles. The Labute approximate surface area is 103 Å². The van der Waals surface area contributed by atoms with E-state index in [0.29, 0.717) is 13.1 Å². The Balaban J connectivity index is 2.61. The molecule has 1 unspecified atom stereocenters. The molecule has 0 aliphatic heterocycles. The van der Waals surface area contributed by atoms with Gasteiger partial charge in [-0.3, -0.25) is 0 Å². The molecular formula is C13H22N2O2. The number of hydrogen-bond acceptors (Lipinski definition) is 4. The minimum absolute atomic E-state index is 0.000859. The molecule has 17 heavy (non-hydrogen) atoms. The second kappa shape index (κ2) is 7.27. The summed E-state index contributed by atoms with van der Waals surface area (Å²) in [4.78, 5) is 0. The smallest absolute Gasteiger partial charge is 0.123 e. The van der Waals surface area contributed by atoms with Crippen LogP contribution in [0.3, 0.4) is 0 Å². The maximum absolute atomic E-state index is 8.83. The van der Waals surface area contributed by atoms with Crippen molar-refractivity contribution in [3.05, 3.63) is 29.3 Å². The number of rotatable bonds is 7. The predicted octanol–water partition coefficient (Wildman–Crippen LogP) is 0.667.